The van der Waals surface area contributed by atoms with Crippen molar-refractivity contribution >= 4 is 73.6 Å². The molecule has 0 radical (unpaired) electrons. The maximum Gasteiger partial charge on any atom is 0.341 e. The number of hydrogen-bond acceptors (Lipinski definition) is 5. The molecule has 200 valence electrons. The molecule has 3 aromatic heterocycles. The van der Waals surface area contributed by atoms with E-state index in [0.29, 0.717) is 26.4 Å². The maximum absolute atomic E-state index is 14.0. The van der Waals surface area contributed by atoms with Gasteiger partial charge >= 0.3 is 5.97 Å². The van der Waals surface area contributed by atoms with Gasteiger partial charge in [-0.25, -0.2) is 4.79 Å². The van der Waals surface area contributed by atoms with Crippen LogP contribution in [0.3, 0.4) is 0 Å². The molecule has 0 spiro atoms. The van der Waals surface area contributed by atoms with Gasteiger partial charge in [-0.05, 0) is 84.6 Å². The van der Waals surface area contributed by atoms with Crippen molar-refractivity contribution in [2.75, 3.05) is 6.61 Å². The summed E-state index contributed by atoms with van der Waals surface area (Å²) in [6, 6.07) is 23.6. The molecule has 3 aromatic carbocycles. The smallest absolute Gasteiger partial charge is 0.341 e. The van der Waals surface area contributed by atoms with Gasteiger partial charge in [-0.1, -0.05) is 48.0 Å². The first-order chi connectivity index (χ1) is 19.4. The Bertz CT molecular complexity index is 1940. The van der Waals surface area contributed by atoms with E-state index < -0.39 is 5.97 Å². The second kappa shape index (κ2) is 10.8. The van der Waals surface area contributed by atoms with Gasteiger partial charge < -0.3 is 9.14 Å². The van der Waals surface area contributed by atoms with E-state index >= 15 is 0 Å². The minimum atomic E-state index is -0.426. The van der Waals surface area contributed by atoms with Gasteiger partial charge in [0.15, 0.2) is 0 Å². The molecule has 0 atom stereocenters. The van der Waals surface area contributed by atoms with Crippen LogP contribution in [-0.4, -0.2) is 22.8 Å². The molecule has 0 aliphatic carbocycles. The highest BCUT2D eigenvalue weighted by molar-refractivity contribution is 8.00. The van der Waals surface area contributed by atoms with Gasteiger partial charge in [-0.3, -0.25) is 4.79 Å². The average molecular weight is 584 g/mol. The Labute approximate surface area is 245 Å². The summed E-state index contributed by atoms with van der Waals surface area (Å²) in [5.41, 5.74) is 6.07. The number of aromatic nitrogens is 1. The molecule has 6 aromatic rings. The van der Waals surface area contributed by atoms with E-state index in [1.807, 2.05) is 29.7 Å². The van der Waals surface area contributed by atoms with Gasteiger partial charge in [0.1, 0.15) is 0 Å². The van der Waals surface area contributed by atoms with Crippen molar-refractivity contribution in [1.82, 2.24) is 4.40 Å². The van der Waals surface area contributed by atoms with Crippen LogP contribution in [0.4, 0.5) is 0 Å². The summed E-state index contributed by atoms with van der Waals surface area (Å²) in [5.74, 6) is 0.161. The molecule has 3 heterocycles. The van der Waals surface area contributed by atoms with E-state index in [1.54, 1.807) is 43.0 Å². The molecule has 0 amide bonds. The number of aryl methyl sites for hydroxylation is 2. The third-order valence-electron chi connectivity index (χ3n) is 7.12. The summed E-state index contributed by atoms with van der Waals surface area (Å²) in [6.07, 6.45) is 1.98. The number of nitrogens with zero attached hydrogens (tertiary/aromatic N) is 1. The molecule has 0 bridgehead atoms. The van der Waals surface area contributed by atoms with E-state index in [-0.39, 0.29) is 12.4 Å². The fourth-order valence-corrected chi connectivity index (χ4v) is 7.93. The summed E-state index contributed by atoms with van der Waals surface area (Å²) < 4.78 is 8.53. The molecule has 40 heavy (non-hydrogen) atoms. The molecule has 6 rings (SSSR count). The second-order valence-electron chi connectivity index (χ2n) is 9.70. The van der Waals surface area contributed by atoms with E-state index in [0.717, 1.165) is 26.6 Å². The van der Waals surface area contributed by atoms with Crippen molar-refractivity contribution in [1.29, 1.82) is 0 Å². The zero-order valence-corrected chi connectivity index (χ0v) is 24.7. The highest BCUT2D eigenvalue weighted by Gasteiger charge is 2.30. The summed E-state index contributed by atoms with van der Waals surface area (Å²) in [6.45, 7) is 6.17. The highest BCUT2D eigenvalue weighted by Crippen LogP contribution is 2.45. The number of carbonyl (C=O) groups excluding carboxylic acids is 2. The number of thioether (sulfide) groups is 1. The first-order valence-corrected chi connectivity index (χ1v) is 15.2. The van der Waals surface area contributed by atoms with Crippen LogP contribution in [0, 0.1) is 13.8 Å². The molecular weight excluding hydrogens is 558 g/mol. The van der Waals surface area contributed by atoms with Gasteiger partial charge in [0.2, 0.25) is 5.78 Å². The zero-order valence-electron chi connectivity index (χ0n) is 22.3. The summed E-state index contributed by atoms with van der Waals surface area (Å²) >= 11 is 9.24. The van der Waals surface area contributed by atoms with Crippen molar-refractivity contribution in [3.63, 3.8) is 0 Å². The topological polar surface area (TPSA) is 47.8 Å². The molecule has 0 unspecified atom stereocenters. The quantitative estimate of drug-likeness (QED) is 0.107. The number of hydrogen-bond donors (Lipinski definition) is 0. The number of halogens is 1. The monoisotopic (exact) mass is 583 g/mol. The lowest BCUT2D eigenvalue weighted by atomic mass is 10.0. The first kappa shape index (κ1) is 26.6. The van der Waals surface area contributed by atoms with E-state index in [9.17, 15) is 9.59 Å². The fourth-order valence-electron chi connectivity index (χ4n) is 5.15. The van der Waals surface area contributed by atoms with Crippen LogP contribution in [0.1, 0.15) is 49.2 Å². The second-order valence-corrected chi connectivity index (χ2v) is 12.4. The van der Waals surface area contributed by atoms with Crippen molar-refractivity contribution in [2.45, 2.75) is 30.7 Å². The Morgan fingerprint density at radius 3 is 2.55 bits per heavy atom. The summed E-state index contributed by atoms with van der Waals surface area (Å²) in [4.78, 5) is 27.9. The van der Waals surface area contributed by atoms with E-state index in [2.05, 4.69) is 43.3 Å². The number of benzene rings is 3. The largest absolute Gasteiger partial charge is 0.462 e. The van der Waals surface area contributed by atoms with Crippen molar-refractivity contribution in [3.05, 3.63) is 117 Å². The number of ketones is 1. The molecule has 0 saturated carbocycles. The predicted octanol–water partition coefficient (Wildman–Crippen LogP) is 9.28. The van der Waals surface area contributed by atoms with Crippen LogP contribution < -0.4 is 0 Å². The lowest BCUT2D eigenvalue weighted by Crippen LogP contribution is -2.06. The minimum absolute atomic E-state index is 0.141. The number of ether oxygens (including phenoxy) is 1. The van der Waals surface area contributed by atoms with Crippen LogP contribution in [-0.2, 0) is 10.5 Å². The third-order valence-corrected chi connectivity index (χ3v) is 9.84. The zero-order chi connectivity index (χ0) is 28.0. The number of carbonyl (C=O) groups is 2. The molecule has 0 aliphatic rings. The van der Waals surface area contributed by atoms with Gasteiger partial charge in [0.05, 0.1) is 32.3 Å². The summed E-state index contributed by atoms with van der Waals surface area (Å²) in [7, 11) is 0. The van der Waals surface area contributed by atoms with Gasteiger partial charge in [-0.2, -0.15) is 0 Å². The molecule has 0 fully saturated rings. The van der Waals surface area contributed by atoms with Crippen molar-refractivity contribution < 1.29 is 14.3 Å². The fraction of sp³-hybridized carbons (Fsp3) is 0.152. The molecular formula is C33H26ClNO3S2. The molecule has 0 saturated heterocycles. The Balaban J connectivity index is 1.57. The summed E-state index contributed by atoms with van der Waals surface area (Å²) in [5, 5.41) is 3.63. The Morgan fingerprint density at radius 2 is 1.77 bits per heavy atom. The Hall–Kier alpha value is -3.58. The Morgan fingerprint density at radius 1 is 1.00 bits per heavy atom. The number of pyridine rings is 1. The minimum Gasteiger partial charge on any atom is -0.462 e. The van der Waals surface area contributed by atoms with Crippen molar-refractivity contribution in [3.8, 4) is 0 Å². The van der Waals surface area contributed by atoms with Crippen LogP contribution in [0.2, 0.25) is 5.02 Å². The van der Waals surface area contributed by atoms with Crippen LogP contribution in [0.5, 0.6) is 0 Å². The van der Waals surface area contributed by atoms with E-state index in [4.69, 9.17) is 16.3 Å². The van der Waals surface area contributed by atoms with Gasteiger partial charge in [-0.15, -0.1) is 23.1 Å². The van der Waals surface area contributed by atoms with Gasteiger partial charge in [0, 0.05) is 27.9 Å². The Kier molecular flexibility index (Phi) is 7.17. The standard InChI is InChI=1S/C33H26ClNO3S2/c1-4-38-32(37)27-26-17-19(2)15-16-35(26)29-28(27)31(30(36)22-11-13-23(34)14-12-22)40-33(29)39-18-25-20(3)9-10-21-7-5-6-8-24(21)25/h5-17H,4,18H2,1-3H3. The lowest BCUT2D eigenvalue weighted by molar-refractivity contribution is 0.0531. The third kappa shape index (κ3) is 4.60. The van der Waals surface area contributed by atoms with Crippen LogP contribution in [0.25, 0.3) is 27.2 Å². The van der Waals surface area contributed by atoms with Crippen molar-refractivity contribution in [2.24, 2.45) is 0 Å². The normalized spacial score (nSPS) is 11.5. The highest BCUT2D eigenvalue weighted by atomic mass is 35.5. The number of fused-ring (bicyclic) bond motifs is 4. The number of rotatable bonds is 7. The SMILES string of the molecule is CCOC(=O)c1c2c(C(=O)c3ccc(Cl)cc3)sc(SCc3c(C)ccc4ccccc34)c2n2ccc(C)cc12. The average Bonchev–Trinajstić information content (AvgIpc) is 3.47. The molecule has 0 N–H and O–H groups in total. The molecule has 7 heteroatoms. The van der Waals surface area contributed by atoms with E-state index in [1.165, 1.54) is 33.2 Å². The van der Waals surface area contributed by atoms with Gasteiger partial charge in [0.25, 0.3) is 0 Å². The van der Waals surface area contributed by atoms with Crippen LogP contribution in [0.15, 0.2) is 83.2 Å². The van der Waals surface area contributed by atoms with Crippen LogP contribution >= 0.6 is 34.7 Å². The predicted molar refractivity (Wildman–Crippen MR) is 167 cm³/mol. The maximum atomic E-state index is 14.0. The lowest BCUT2D eigenvalue weighted by Gasteiger charge is -2.10. The number of thiophene rings is 1. The molecule has 4 nitrogen and oxygen atoms in total. The number of esters is 1. The first-order valence-electron chi connectivity index (χ1n) is 13.0. The molecule has 0 aliphatic heterocycles.